The van der Waals surface area contributed by atoms with E-state index in [1.807, 2.05) is 18.2 Å². The highest BCUT2D eigenvalue weighted by Gasteiger charge is 2.17. The van der Waals surface area contributed by atoms with E-state index in [0.717, 1.165) is 12.8 Å². The van der Waals surface area contributed by atoms with E-state index in [9.17, 15) is 5.11 Å². The van der Waals surface area contributed by atoms with Gasteiger partial charge in [0.1, 0.15) is 0 Å². The third-order valence-corrected chi connectivity index (χ3v) is 3.09. The maximum atomic E-state index is 9.33. The highest BCUT2D eigenvalue weighted by atomic mass is 32.1. The van der Waals surface area contributed by atoms with Gasteiger partial charge in [0.2, 0.25) is 0 Å². The summed E-state index contributed by atoms with van der Waals surface area (Å²) in [5.74, 6) is 0.166. The van der Waals surface area contributed by atoms with Crippen LogP contribution in [-0.4, -0.2) is 17.0 Å². The molecule has 2 atom stereocenters. The lowest BCUT2D eigenvalue weighted by Crippen LogP contribution is -2.16. The predicted molar refractivity (Wildman–Crippen MR) is 64.0 cm³/mol. The molecule has 2 heteroatoms. The van der Waals surface area contributed by atoms with E-state index >= 15 is 0 Å². The second kappa shape index (κ2) is 6.10. The van der Waals surface area contributed by atoms with Crippen molar-refractivity contribution in [2.24, 2.45) is 0 Å². The predicted octanol–water partition coefficient (Wildman–Crippen LogP) is 2.86. The first-order chi connectivity index (χ1) is 6.79. The van der Waals surface area contributed by atoms with Crippen molar-refractivity contribution in [3.63, 3.8) is 0 Å². The van der Waals surface area contributed by atoms with Crippen LogP contribution in [0, 0.1) is 0 Å². The number of aliphatic hydroxyl groups excluding tert-OH is 1. The topological polar surface area (TPSA) is 20.2 Å². The number of aliphatic hydroxyl groups is 1. The Morgan fingerprint density at radius 3 is 2.43 bits per heavy atom. The van der Waals surface area contributed by atoms with Crippen molar-refractivity contribution < 1.29 is 5.11 Å². The molecule has 0 spiro atoms. The number of hydrogen-bond acceptors (Lipinski definition) is 2. The molecule has 0 aliphatic heterocycles. The third kappa shape index (κ3) is 3.03. The standard InChI is InChI=1S/C12H18OS/c1-2-6-12(14)11(9-13)10-7-4-3-5-8-10/h3-5,7-8,11-14H,2,6,9H2,1H3. The lowest BCUT2D eigenvalue weighted by atomic mass is 9.94. The average molecular weight is 210 g/mol. The molecule has 0 saturated carbocycles. The first kappa shape index (κ1) is 11.6. The molecule has 0 fully saturated rings. The molecular formula is C12H18OS. The molecule has 0 bridgehead atoms. The van der Waals surface area contributed by atoms with Crippen LogP contribution in [0.25, 0.3) is 0 Å². The highest BCUT2D eigenvalue weighted by Crippen LogP contribution is 2.25. The molecule has 0 aliphatic carbocycles. The minimum Gasteiger partial charge on any atom is -0.396 e. The Kier molecular flexibility index (Phi) is 5.05. The number of hydrogen-bond donors (Lipinski definition) is 2. The highest BCUT2D eigenvalue weighted by molar-refractivity contribution is 7.81. The Morgan fingerprint density at radius 1 is 1.29 bits per heavy atom. The van der Waals surface area contributed by atoms with Crippen molar-refractivity contribution in [3.05, 3.63) is 35.9 Å². The maximum absolute atomic E-state index is 9.33. The molecule has 0 saturated heterocycles. The normalized spacial score (nSPS) is 15.1. The van der Waals surface area contributed by atoms with Crippen LogP contribution in [0.1, 0.15) is 31.2 Å². The Labute approximate surface area is 91.6 Å². The number of rotatable bonds is 5. The summed E-state index contributed by atoms with van der Waals surface area (Å²) in [6.45, 7) is 2.32. The van der Waals surface area contributed by atoms with Gasteiger partial charge >= 0.3 is 0 Å². The van der Waals surface area contributed by atoms with Crippen molar-refractivity contribution in [2.45, 2.75) is 30.9 Å². The summed E-state index contributed by atoms with van der Waals surface area (Å²) in [6, 6.07) is 10.1. The van der Waals surface area contributed by atoms with Crippen LogP contribution in [0.3, 0.4) is 0 Å². The van der Waals surface area contributed by atoms with Gasteiger partial charge in [0, 0.05) is 11.2 Å². The molecule has 2 unspecified atom stereocenters. The molecule has 1 aromatic rings. The van der Waals surface area contributed by atoms with Crippen molar-refractivity contribution in [2.75, 3.05) is 6.61 Å². The van der Waals surface area contributed by atoms with E-state index in [4.69, 9.17) is 0 Å². The van der Waals surface area contributed by atoms with E-state index in [1.54, 1.807) is 0 Å². The Balaban J connectivity index is 2.71. The van der Waals surface area contributed by atoms with Crippen LogP contribution in [-0.2, 0) is 0 Å². The number of thiol groups is 1. The Bertz CT molecular complexity index is 248. The minimum atomic E-state index is 0.166. The van der Waals surface area contributed by atoms with E-state index in [1.165, 1.54) is 5.56 Å². The smallest absolute Gasteiger partial charge is 0.0510 e. The summed E-state index contributed by atoms with van der Waals surface area (Å²) in [5.41, 5.74) is 1.18. The van der Waals surface area contributed by atoms with Crippen molar-refractivity contribution in [1.82, 2.24) is 0 Å². The van der Waals surface area contributed by atoms with E-state index in [0.29, 0.717) is 0 Å². The van der Waals surface area contributed by atoms with E-state index in [-0.39, 0.29) is 17.8 Å². The fraction of sp³-hybridized carbons (Fsp3) is 0.500. The van der Waals surface area contributed by atoms with Crippen molar-refractivity contribution in [1.29, 1.82) is 0 Å². The molecule has 0 radical (unpaired) electrons. The van der Waals surface area contributed by atoms with Crippen LogP contribution < -0.4 is 0 Å². The molecule has 0 aromatic heterocycles. The quantitative estimate of drug-likeness (QED) is 0.716. The molecule has 0 aliphatic rings. The monoisotopic (exact) mass is 210 g/mol. The molecule has 78 valence electrons. The summed E-state index contributed by atoms with van der Waals surface area (Å²) in [4.78, 5) is 0. The Morgan fingerprint density at radius 2 is 1.93 bits per heavy atom. The van der Waals surface area contributed by atoms with Gasteiger partial charge in [-0.2, -0.15) is 12.6 Å². The van der Waals surface area contributed by atoms with Crippen LogP contribution in [0.15, 0.2) is 30.3 Å². The van der Waals surface area contributed by atoms with Crippen molar-refractivity contribution in [3.8, 4) is 0 Å². The van der Waals surface area contributed by atoms with Gasteiger partial charge in [0.15, 0.2) is 0 Å². The molecule has 0 amide bonds. The molecule has 14 heavy (non-hydrogen) atoms. The second-order valence-electron chi connectivity index (χ2n) is 3.56. The lowest BCUT2D eigenvalue weighted by molar-refractivity contribution is 0.260. The van der Waals surface area contributed by atoms with Gasteiger partial charge in [0.25, 0.3) is 0 Å². The van der Waals surface area contributed by atoms with Gasteiger partial charge < -0.3 is 5.11 Å². The molecule has 1 nitrogen and oxygen atoms in total. The first-order valence-electron chi connectivity index (χ1n) is 5.13. The first-order valence-corrected chi connectivity index (χ1v) is 5.65. The van der Waals surface area contributed by atoms with Crippen LogP contribution in [0.5, 0.6) is 0 Å². The minimum absolute atomic E-state index is 0.166. The van der Waals surface area contributed by atoms with Gasteiger partial charge in [-0.25, -0.2) is 0 Å². The van der Waals surface area contributed by atoms with Gasteiger partial charge in [-0.3, -0.25) is 0 Å². The molecular weight excluding hydrogens is 192 g/mol. The second-order valence-corrected chi connectivity index (χ2v) is 4.22. The Hall–Kier alpha value is -0.470. The summed E-state index contributed by atoms with van der Waals surface area (Å²) in [5, 5.41) is 9.58. The third-order valence-electron chi connectivity index (χ3n) is 2.47. The van der Waals surface area contributed by atoms with E-state index in [2.05, 4.69) is 31.7 Å². The van der Waals surface area contributed by atoms with Crippen molar-refractivity contribution >= 4 is 12.6 Å². The SMILES string of the molecule is CCCC(S)C(CO)c1ccccc1. The largest absolute Gasteiger partial charge is 0.396 e. The van der Waals surface area contributed by atoms with Gasteiger partial charge in [-0.15, -0.1) is 0 Å². The summed E-state index contributed by atoms with van der Waals surface area (Å²) >= 11 is 4.54. The van der Waals surface area contributed by atoms with Gasteiger partial charge in [-0.1, -0.05) is 43.7 Å². The fourth-order valence-electron chi connectivity index (χ4n) is 1.65. The number of benzene rings is 1. The van der Waals surface area contributed by atoms with Crippen LogP contribution in [0.2, 0.25) is 0 Å². The van der Waals surface area contributed by atoms with Gasteiger partial charge in [-0.05, 0) is 12.0 Å². The molecule has 1 N–H and O–H groups in total. The molecule has 0 heterocycles. The summed E-state index contributed by atoms with van der Waals surface area (Å²) < 4.78 is 0. The fourth-order valence-corrected chi connectivity index (χ4v) is 2.17. The summed E-state index contributed by atoms with van der Waals surface area (Å²) in [7, 11) is 0. The lowest BCUT2D eigenvalue weighted by Gasteiger charge is -2.21. The summed E-state index contributed by atoms with van der Waals surface area (Å²) in [6.07, 6.45) is 2.15. The molecule has 1 rings (SSSR count). The van der Waals surface area contributed by atoms with Crippen LogP contribution in [0.4, 0.5) is 0 Å². The molecule has 1 aromatic carbocycles. The zero-order valence-electron chi connectivity index (χ0n) is 8.56. The zero-order chi connectivity index (χ0) is 10.4. The van der Waals surface area contributed by atoms with Crippen LogP contribution >= 0.6 is 12.6 Å². The zero-order valence-corrected chi connectivity index (χ0v) is 9.45. The average Bonchev–Trinajstić information content (AvgIpc) is 2.21. The van der Waals surface area contributed by atoms with E-state index < -0.39 is 0 Å². The van der Waals surface area contributed by atoms with Gasteiger partial charge in [0.05, 0.1) is 6.61 Å². The maximum Gasteiger partial charge on any atom is 0.0510 e.